The number of methoxy groups -OCH3 is 1. The van der Waals surface area contributed by atoms with Gasteiger partial charge in [-0.2, -0.15) is 0 Å². The first-order valence-electron chi connectivity index (χ1n) is 10.4. The van der Waals surface area contributed by atoms with E-state index in [1.54, 1.807) is 13.4 Å². The van der Waals surface area contributed by atoms with Crippen LogP contribution >= 0.6 is 11.6 Å². The van der Waals surface area contributed by atoms with Crippen LogP contribution in [0.4, 0.5) is 0 Å². The summed E-state index contributed by atoms with van der Waals surface area (Å²) in [5.41, 5.74) is 1.03. The number of furan rings is 1. The highest BCUT2D eigenvalue weighted by Gasteiger charge is 2.09. The molecule has 8 heteroatoms. The Balaban J connectivity index is 1.50. The molecule has 1 saturated heterocycles. The molecule has 0 unspecified atom stereocenters. The Kier molecular flexibility index (Phi) is 9.34. The van der Waals surface area contributed by atoms with Gasteiger partial charge in [-0.3, -0.25) is 4.90 Å². The molecule has 0 bridgehead atoms. The number of hydrogen-bond donors (Lipinski definition) is 2. The van der Waals surface area contributed by atoms with Crippen molar-refractivity contribution in [3.8, 4) is 5.75 Å². The zero-order chi connectivity index (χ0) is 21.0. The average molecular weight is 435 g/mol. The molecule has 0 atom stereocenters. The van der Waals surface area contributed by atoms with Gasteiger partial charge in [-0.15, -0.1) is 0 Å². The Labute approximate surface area is 183 Å². The first-order valence-corrected chi connectivity index (χ1v) is 10.8. The van der Waals surface area contributed by atoms with E-state index in [1.807, 2.05) is 30.3 Å². The van der Waals surface area contributed by atoms with Crippen molar-refractivity contribution in [2.45, 2.75) is 19.4 Å². The molecule has 1 fully saturated rings. The summed E-state index contributed by atoms with van der Waals surface area (Å²) in [6, 6.07) is 9.62. The maximum absolute atomic E-state index is 6.23. The molecular formula is C22H31ClN4O3. The van der Waals surface area contributed by atoms with Gasteiger partial charge in [0.05, 0.1) is 38.2 Å². The van der Waals surface area contributed by atoms with Crippen molar-refractivity contribution in [3.63, 3.8) is 0 Å². The van der Waals surface area contributed by atoms with Crippen molar-refractivity contribution in [3.05, 3.63) is 52.9 Å². The molecule has 7 nitrogen and oxygen atoms in total. The predicted octanol–water partition coefficient (Wildman–Crippen LogP) is 2.94. The normalized spacial score (nSPS) is 15.2. The Hall–Kier alpha value is -2.22. The standard InChI is InChI=1S/C22H31ClN4O3/c1-28-21-6-5-18(16-20(21)23)17-26-22(25-9-7-19-4-2-13-30-19)24-8-3-10-27-11-14-29-15-12-27/h2,4-6,13,16H,3,7-12,14-15,17H2,1H3,(H2,24,25,26). The number of guanidine groups is 1. The lowest BCUT2D eigenvalue weighted by Crippen LogP contribution is -2.41. The summed E-state index contributed by atoms with van der Waals surface area (Å²) in [6.45, 7) is 6.88. The molecule has 1 aromatic carbocycles. The van der Waals surface area contributed by atoms with E-state index in [4.69, 9.17) is 30.5 Å². The highest BCUT2D eigenvalue weighted by atomic mass is 35.5. The summed E-state index contributed by atoms with van der Waals surface area (Å²) < 4.78 is 16.0. The molecule has 0 amide bonds. The molecule has 1 aromatic heterocycles. The van der Waals surface area contributed by atoms with E-state index in [0.29, 0.717) is 17.3 Å². The molecule has 0 saturated carbocycles. The van der Waals surface area contributed by atoms with Crippen molar-refractivity contribution in [1.29, 1.82) is 0 Å². The van der Waals surface area contributed by atoms with E-state index in [2.05, 4.69) is 15.5 Å². The number of benzene rings is 1. The molecule has 0 spiro atoms. The third kappa shape index (κ3) is 7.55. The number of aliphatic imine (C=N–C) groups is 1. The second-order valence-electron chi connectivity index (χ2n) is 7.12. The maximum Gasteiger partial charge on any atom is 0.191 e. The molecule has 0 radical (unpaired) electrons. The first kappa shape index (κ1) is 22.5. The van der Waals surface area contributed by atoms with Gasteiger partial charge in [-0.25, -0.2) is 4.99 Å². The fraction of sp³-hybridized carbons (Fsp3) is 0.500. The summed E-state index contributed by atoms with van der Waals surface area (Å²) in [6.07, 6.45) is 3.55. The van der Waals surface area contributed by atoms with Crippen LogP contribution in [0.2, 0.25) is 5.02 Å². The monoisotopic (exact) mass is 434 g/mol. The second kappa shape index (κ2) is 12.5. The van der Waals surface area contributed by atoms with E-state index < -0.39 is 0 Å². The van der Waals surface area contributed by atoms with Gasteiger partial charge in [-0.1, -0.05) is 17.7 Å². The minimum Gasteiger partial charge on any atom is -0.495 e. The topological polar surface area (TPSA) is 71.3 Å². The molecule has 2 heterocycles. The van der Waals surface area contributed by atoms with E-state index in [1.165, 1.54) is 0 Å². The molecule has 30 heavy (non-hydrogen) atoms. The lowest BCUT2D eigenvalue weighted by Gasteiger charge is -2.26. The summed E-state index contributed by atoms with van der Waals surface area (Å²) in [7, 11) is 1.61. The van der Waals surface area contributed by atoms with E-state index in [9.17, 15) is 0 Å². The number of morpholine rings is 1. The predicted molar refractivity (Wildman–Crippen MR) is 119 cm³/mol. The molecule has 2 N–H and O–H groups in total. The highest BCUT2D eigenvalue weighted by Crippen LogP contribution is 2.25. The van der Waals surface area contributed by atoms with Crippen LogP contribution < -0.4 is 15.4 Å². The van der Waals surface area contributed by atoms with Gasteiger partial charge in [-0.05, 0) is 42.8 Å². The summed E-state index contributed by atoms with van der Waals surface area (Å²) in [4.78, 5) is 7.16. The lowest BCUT2D eigenvalue weighted by molar-refractivity contribution is 0.0376. The van der Waals surface area contributed by atoms with Crippen LogP contribution in [0.15, 0.2) is 46.0 Å². The van der Waals surface area contributed by atoms with Gasteiger partial charge in [0.1, 0.15) is 11.5 Å². The minimum absolute atomic E-state index is 0.531. The van der Waals surface area contributed by atoms with Crippen molar-refractivity contribution >= 4 is 17.6 Å². The van der Waals surface area contributed by atoms with Crippen LogP contribution in [0.1, 0.15) is 17.7 Å². The van der Waals surface area contributed by atoms with Crippen LogP contribution in [0, 0.1) is 0 Å². The van der Waals surface area contributed by atoms with E-state index in [0.717, 1.165) is 76.1 Å². The maximum atomic E-state index is 6.23. The molecule has 1 aliphatic rings. The Morgan fingerprint density at radius 3 is 2.77 bits per heavy atom. The van der Waals surface area contributed by atoms with Crippen molar-refractivity contribution in [1.82, 2.24) is 15.5 Å². The van der Waals surface area contributed by atoms with E-state index in [-0.39, 0.29) is 0 Å². The minimum atomic E-state index is 0.531. The summed E-state index contributed by atoms with van der Waals surface area (Å²) in [5.74, 6) is 2.41. The third-order valence-electron chi connectivity index (χ3n) is 4.93. The smallest absolute Gasteiger partial charge is 0.191 e. The molecule has 1 aliphatic heterocycles. The number of nitrogens with zero attached hydrogens (tertiary/aromatic N) is 2. The van der Waals surface area contributed by atoms with Gasteiger partial charge >= 0.3 is 0 Å². The Morgan fingerprint density at radius 1 is 1.20 bits per heavy atom. The van der Waals surface area contributed by atoms with Crippen molar-refractivity contribution in [2.75, 3.05) is 53.0 Å². The number of ether oxygens (including phenoxy) is 2. The zero-order valence-corrected chi connectivity index (χ0v) is 18.3. The molecule has 164 valence electrons. The van der Waals surface area contributed by atoms with Crippen molar-refractivity contribution < 1.29 is 13.9 Å². The Morgan fingerprint density at radius 2 is 2.03 bits per heavy atom. The fourth-order valence-corrected chi connectivity index (χ4v) is 3.53. The number of nitrogens with one attached hydrogen (secondary N) is 2. The highest BCUT2D eigenvalue weighted by molar-refractivity contribution is 6.32. The SMILES string of the molecule is COc1ccc(CN=C(NCCCN2CCOCC2)NCCc2ccco2)cc1Cl. The summed E-state index contributed by atoms with van der Waals surface area (Å²) in [5, 5.41) is 7.42. The average Bonchev–Trinajstić information content (AvgIpc) is 3.29. The van der Waals surface area contributed by atoms with Gasteiger partial charge in [0, 0.05) is 32.6 Å². The number of rotatable bonds is 10. The number of halogens is 1. The second-order valence-corrected chi connectivity index (χ2v) is 7.53. The number of hydrogen-bond acceptors (Lipinski definition) is 5. The quantitative estimate of drug-likeness (QED) is 0.340. The van der Waals surface area contributed by atoms with Crippen LogP contribution in [0.3, 0.4) is 0 Å². The third-order valence-corrected chi connectivity index (χ3v) is 5.22. The van der Waals surface area contributed by atoms with Gasteiger partial charge < -0.3 is 24.5 Å². The van der Waals surface area contributed by atoms with Crippen LogP contribution in [0.5, 0.6) is 5.75 Å². The van der Waals surface area contributed by atoms with Gasteiger partial charge in [0.15, 0.2) is 5.96 Å². The van der Waals surface area contributed by atoms with Crippen molar-refractivity contribution in [2.24, 2.45) is 4.99 Å². The largest absolute Gasteiger partial charge is 0.495 e. The summed E-state index contributed by atoms with van der Waals surface area (Å²) >= 11 is 6.23. The zero-order valence-electron chi connectivity index (χ0n) is 17.5. The molecule has 2 aromatic rings. The fourth-order valence-electron chi connectivity index (χ4n) is 3.25. The van der Waals surface area contributed by atoms with Gasteiger partial charge in [0.2, 0.25) is 0 Å². The van der Waals surface area contributed by atoms with Crippen LogP contribution in [-0.4, -0.2) is 63.9 Å². The lowest BCUT2D eigenvalue weighted by atomic mass is 10.2. The molecule has 0 aliphatic carbocycles. The Bertz CT molecular complexity index is 777. The molecular weight excluding hydrogens is 404 g/mol. The van der Waals surface area contributed by atoms with Gasteiger partial charge in [0.25, 0.3) is 0 Å². The molecule has 3 rings (SSSR count). The van der Waals surface area contributed by atoms with Crippen LogP contribution in [-0.2, 0) is 17.7 Å². The van der Waals surface area contributed by atoms with E-state index >= 15 is 0 Å². The first-order chi connectivity index (χ1) is 14.7. The van der Waals surface area contributed by atoms with Crippen LogP contribution in [0.25, 0.3) is 0 Å².